The minimum absolute atomic E-state index is 0.121. The predicted molar refractivity (Wildman–Crippen MR) is 105 cm³/mol. The van der Waals surface area contributed by atoms with Gasteiger partial charge in [-0.1, -0.05) is 18.2 Å². The second-order valence-electron chi connectivity index (χ2n) is 7.18. The van der Waals surface area contributed by atoms with Crippen molar-refractivity contribution < 1.29 is 18.3 Å². The molecule has 0 saturated carbocycles. The summed E-state index contributed by atoms with van der Waals surface area (Å²) in [5.41, 5.74) is 1.42. The minimum Gasteiger partial charge on any atom is -0.456 e. The fraction of sp³-hybridized carbons (Fsp3) is 0.217. The van der Waals surface area contributed by atoms with E-state index in [1.165, 1.54) is 30.5 Å². The van der Waals surface area contributed by atoms with Gasteiger partial charge in [-0.25, -0.2) is 13.8 Å². The van der Waals surface area contributed by atoms with Crippen LogP contribution in [0.25, 0.3) is 0 Å². The van der Waals surface area contributed by atoms with E-state index in [2.05, 4.69) is 4.98 Å². The maximum atomic E-state index is 13.2. The van der Waals surface area contributed by atoms with Crippen LogP contribution in [0, 0.1) is 17.6 Å². The molecule has 1 fully saturated rings. The quantitative estimate of drug-likeness (QED) is 0.621. The molecule has 0 radical (unpaired) electrons. The molecule has 1 aliphatic heterocycles. The second kappa shape index (κ2) is 8.39. The highest BCUT2D eigenvalue weighted by atomic mass is 19.1. The summed E-state index contributed by atoms with van der Waals surface area (Å²) in [6.45, 7) is 1.33. The van der Waals surface area contributed by atoms with Crippen LogP contribution >= 0.6 is 0 Å². The topological polar surface area (TPSA) is 42.4 Å². The maximum absolute atomic E-state index is 13.2. The van der Waals surface area contributed by atoms with Crippen molar-refractivity contribution >= 4 is 5.91 Å². The van der Waals surface area contributed by atoms with E-state index in [1.54, 1.807) is 41.3 Å². The third-order valence-corrected chi connectivity index (χ3v) is 5.00. The average Bonchev–Trinajstić information content (AvgIpc) is 3.18. The lowest BCUT2D eigenvalue weighted by Gasteiger charge is -2.16. The third-order valence-electron chi connectivity index (χ3n) is 5.00. The van der Waals surface area contributed by atoms with Gasteiger partial charge in [0.1, 0.15) is 28.8 Å². The summed E-state index contributed by atoms with van der Waals surface area (Å²) in [6.07, 6.45) is 3.19. The van der Waals surface area contributed by atoms with E-state index in [1.807, 2.05) is 0 Å². The van der Waals surface area contributed by atoms with E-state index < -0.39 is 0 Å². The monoisotopic (exact) mass is 394 g/mol. The highest BCUT2D eigenvalue weighted by Crippen LogP contribution is 2.24. The van der Waals surface area contributed by atoms with Gasteiger partial charge in [-0.3, -0.25) is 4.79 Å². The molecule has 1 atom stereocenters. The van der Waals surface area contributed by atoms with E-state index in [0.29, 0.717) is 36.2 Å². The molecule has 6 heteroatoms. The summed E-state index contributed by atoms with van der Waals surface area (Å²) in [4.78, 5) is 18.7. The van der Waals surface area contributed by atoms with Crippen molar-refractivity contribution in [2.75, 3.05) is 13.1 Å². The first kappa shape index (κ1) is 19.1. The van der Waals surface area contributed by atoms with Crippen molar-refractivity contribution in [1.82, 2.24) is 9.88 Å². The maximum Gasteiger partial charge on any atom is 0.272 e. The Hall–Kier alpha value is -3.28. The molecule has 1 aromatic heterocycles. The van der Waals surface area contributed by atoms with Gasteiger partial charge in [0.05, 0.1) is 6.20 Å². The Labute approximate surface area is 167 Å². The zero-order valence-electron chi connectivity index (χ0n) is 15.7. The number of aromatic nitrogens is 1. The standard InChI is InChI=1S/C23H20F2N2O2/c24-18-6-4-16(5-7-18)12-17-10-11-27(15-17)23(28)22-9-8-21(14-26-22)29-20-3-1-2-19(25)13-20/h1-9,13-14,17H,10-12,15H2. The van der Waals surface area contributed by atoms with Crippen LogP contribution in [0.4, 0.5) is 8.78 Å². The number of hydrogen-bond donors (Lipinski definition) is 0. The molecule has 4 rings (SSSR count). The summed E-state index contributed by atoms with van der Waals surface area (Å²) in [7, 11) is 0. The molecule has 0 aliphatic carbocycles. The van der Waals surface area contributed by atoms with Crippen LogP contribution in [0.15, 0.2) is 66.9 Å². The van der Waals surface area contributed by atoms with E-state index in [9.17, 15) is 13.6 Å². The van der Waals surface area contributed by atoms with Crippen LogP contribution < -0.4 is 4.74 Å². The second-order valence-corrected chi connectivity index (χ2v) is 7.18. The van der Waals surface area contributed by atoms with Crippen LogP contribution in [0.5, 0.6) is 11.5 Å². The molecule has 1 saturated heterocycles. The predicted octanol–water partition coefficient (Wildman–Crippen LogP) is 4.86. The van der Waals surface area contributed by atoms with E-state index >= 15 is 0 Å². The molecule has 3 aromatic rings. The molecule has 148 valence electrons. The molecule has 0 N–H and O–H groups in total. The van der Waals surface area contributed by atoms with E-state index in [0.717, 1.165) is 18.4 Å². The summed E-state index contributed by atoms with van der Waals surface area (Å²) in [6, 6.07) is 15.6. The number of amides is 1. The molecule has 1 aliphatic rings. The van der Waals surface area contributed by atoms with Crippen molar-refractivity contribution in [3.63, 3.8) is 0 Å². The van der Waals surface area contributed by atoms with Crippen LogP contribution in [-0.4, -0.2) is 28.9 Å². The Kier molecular flexibility index (Phi) is 5.51. The summed E-state index contributed by atoms with van der Waals surface area (Å²) in [5, 5.41) is 0. The molecule has 29 heavy (non-hydrogen) atoms. The largest absolute Gasteiger partial charge is 0.456 e. The lowest BCUT2D eigenvalue weighted by Crippen LogP contribution is -2.29. The van der Waals surface area contributed by atoms with E-state index in [4.69, 9.17) is 4.74 Å². The average molecular weight is 394 g/mol. The lowest BCUT2D eigenvalue weighted by atomic mass is 9.99. The smallest absolute Gasteiger partial charge is 0.272 e. The Morgan fingerprint density at radius 1 is 1.03 bits per heavy atom. The molecule has 0 spiro atoms. The van der Waals surface area contributed by atoms with Gasteiger partial charge in [-0.15, -0.1) is 0 Å². The first-order chi connectivity index (χ1) is 14.1. The summed E-state index contributed by atoms with van der Waals surface area (Å²) >= 11 is 0. The van der Waals surface area contributed by atoms with Gasteiger partial charge in [-0.05, 0) is 60.7 Å². The number of nitrogens with zero attached hydrogens (tertiary/aromatic N) is 2. The zero-order valence-corrected chi connectivity index (χ0v) is 15.7. The molecule has 2 aromatic carbocycles. The van der Waals surface area contributed by atoms with Crippen molar-refractivity contribution in [2.45, 2.75) is 12.8 Å². The van der Waals surface area contributed by atoms with Gasteiger partial charge in [0.25, 0.3) is 5.91 Å². The summed E-state index contributed by atoms with van der Waals surface area (Å²) < 4.78 is 31.8. The van der Waals surface area contributed by atoms with Crippen molar-refractivity contribution in [1.29, 1.82) is 0 Å². The number of halogens is 2. The van der Waals surface area contributed by atoms with Gasteiger partial charge in [0.2, 0.25) is 0 Å². The van der Waals surface area contributed by atoms with Gasteiger partial charge in [0.15, 0.2) is 0 Å². The number of rotatable bonds is 5. The number of carbonyl (C=O) groups is 1. The van der Waals surface area contributed by atoms with Gasteiger partial charge < -0.3 is 9.64 Å². The fourth-order valence-electron chi connectivity index (χ4n) is 3.53. The van der Waals surface area contributed by atoms with Crippen molar-refractivity contribution in [2.24, 2.45) is 5.92 Å². The van der Waals surface area contributed by atoms with Crippen LogP contribution in [-0.2, 0) is 6.42 Å². The first-order valence-corrected chi connectivity index (χ1v) is 9.50. The SMILES string of the molecule is O=C(c1ccc(Oc2cccc(F)c2)cn1)N1CCC(Cc2ccc(F)cc2)C1. The molecular formula is C23H20F2N2O2. The number of likely N-dealkylation sites (tertiary alicyclic amines) is 1. The van der Waals surface area contributed by atoms with Gasteiger partial charge >= 0.3 is 0 Å². The minimum atomic E-state index is -0.383. The molecule has 4 nitrogen and oxygen atoms in total. The number of ether oxygens (including phenoxy) is 1. The van der Waals surface area contributed by atoms with Gasteiger partial charge in [-0.2, -0.15) is 0 Å². The number of benzene rings is 2. The first-order valence-electron chi connectivity index (χ1n) is 9.50. The highest BCUT2D eigenvalue weighted by Gasteiger charge is 2.27. The normalized spacial score (nSPS) is 16.1. The number of carbonyl (C=O) groups excluding carboxylic acids is 1. The Morgan fingerprint density at radius 3 is 2.59 bits per heavy atom. The highest BCUT2D eigenvalue weighted by molar-refractivity contribution is 5.92. The molecule has 0 bridgehead atoms. The Balaban J connectivity index is 1.35. The van der Waals surface area contributed by atoms with Gasteiger partial charge in [0, 0.05) is 19.2 Å². The Morgan fingerprint density at radius 2 is 1.86 bits per heavy atom. The third kappa shape index (κ3) is 4.77. The summed E-state index contributed by atoms with van der Waals surface area (Å²) in [5.74, 6) is 0.403. The van der Waals surface area contributed by atoms with Crippen molar-refractivity contribution in [3.8, 4) is 11.5 Å². The molecule has 2 heterocycles. The molecule has 1 amide bonds. The number of hydrogen-bond acceptors (Lipinski definition) is 3. The van der Waals surface area contributed by atoms with Crippen LogP contribution in [0.2, 0.25) is 0 Å². The zero-order chi connectivity index (χ0) is 20.2. The van der Waals surface area contributed by atoms with Crippen molar-refractivity contribution in [3.05, 3.63) is 89.8 Å². The fourth-order valence-corrected chi connectivity index (χ4v) is 3.53. The number of pyridine rings is 1. The van der Waals surface area contributed by atoms with Crippen LogP contribution in [0.3, 0.4) is 0 Å². The van der Waals surface area contributed by atoms with E-state index in [-0.39, 0.29) is 17.5 Å². The molecular weight excluding hydrogens is 374 g/mol. The molecule has 1 unspecified atom stereocenters. The van der Waals surface area contributed by atoms with Crippen LogP contribution in [0.1, 0.15) is 22.5 Å². The Bertz CT molecular complexity index is 991. The lowest BCUT2D eigenvalue weighted by molar-refractivity contribution is 0.0781.